The second-order valence-corrected chi connectivity index (χ2v) is 6.60. The van der Waals surface area contributed by atoms with E-state index in [0.717, 1.165) is 19.3 Å². The molecule has 8 heteroatoms. The number of ether oxygens (including phenoxy) is 2. The summed E-state index contributed by atoms with van der Waals surface area (Å²) in [6.07, 6.45) is 2.42. The number of piperidine rings is 1. The van der Waals surface area contributed by atoms with Crippen LogP contribution in [0.1, 0.15) is 19.3 Å². The van der Waals surface area contributed by atoms with Crippen molar-refractivity contribution in [3.63, 3.8) is 0 Å². The molecular formula is C11H23ClN2O4S. The van der Waals surface area contributed by atoms with Gasteiger partial charge >= 0.3 is 0 Å². The molecule has 114 valence electrons. The molecule has 1 saturated heterocycles. The lowest BCUT2D eigenvalue weighted by Crippen LogP contribution is -2.51. The second kappa shape index (κ2) is 8.39. The minimum absolute atomic E-state index is 0.115. The zero-order valence-corrected chi connectivity index (χ0v) is 13.0. The third-order valence-electron chi connectivity index (χ3n) is 3.24. The number of methoxy groups -OCH3 is 2. The fraction of sp³-hybridized carbons (Fsp3) is 1.00. The Morgan fingerprint density at radius 2 is 2.16 bits per heavy atom. The van der Waals surface area contributed by atoms with Gasteiger partial charge in [0.1, 0.15) is 0 Å². The van der Waals surface area contributed by atoms with Crippen molar-refractivity contribution in [2.75, 3.05) is 39.8 Å². The minimum Gasteiger partial charge on any atom is -0.382 e. The summed E-state index contributed by atoms with van der Waals surface area (Å²) in [5.74, 6) is 0.326. The maximum absolute atomic E-state index is 12.2. The van der Waals surface area contributed by atoms with Crippen LogP contribution in [-0.4, -0.2) is 64.7 Å². The topological polar surface area (TPSA) is 67.9 Å². The van der Waals surface area contributed by atoms with Gasteiger partial charge in [-0.3, -0.25) is 0 Å². The summed E-state index contributed by atoms with van der Waals surface area (Å²) < 4.78 is 38.6. The van der Waals surface area contributed by atoms with Gasteiger partial charge in [-0.25, -0.2) is 0 Å². The average Bonchev–Trinajstić information content (AvgIpc) is 2.43. The molecule has 0 saturated carbocycles. The van der Waals surface area contributed by atoms with Gasteiger partial charge in [-0.15, -0.1) is 11.6 Å². The van der Waals surface area contributed by atoms with Gasteiger partial charge < -0.3 is 9.47 Å². The number of nitrogens with zero attached hydrogens (tertiary/aromatic N) is 1. The fourth-order valence-electron chi connectivity index (χ4n) is 2.12. The maximum Gasteiger partial charge on any atom is 0.279 e. The Hall–Kier alpha value is 0.0800. The zero-order valence-electron chi connectivity index (χ0n) is 11.5. The maximum atomic E-state index is 12.2. The van der Waals surface area contributed by atoms with Crippen LogP contribution in [0.15, 0.2) is 0 Å². The van der Waals surface area contributed by atoms with Gasteiger partial charge in [-0.1, -0.05) is 6.42 Å². The number of nitrogens with one attached hydrogen (secondary N) is 1. The van der Waals surface area contributed by atoms with E-state index in [1.165, 1.54) is 11.4 Å². The van der Waals surface area contributed by atoms with Crippen molar-refractivity contribution in [1.82, 2.24) is 9.03 Å². The number of hydrogen-bond donors (Lipinski definition) is 1. The predicted molar refractivity (Wildman–Crippen MR) is 74.7 cm³/mol. The molecule has 0 spiro atoms. The normalized spacial score (nSPS) is 23.4. The molecule has 2 unspecified atom stereocenters. The second-order valence-electron chi connectivity index (χ2n) is 4.58. The van der Waals surface area contributed by atoms with Crippen molar-refractivity contribution in [2.24, 2.45) is 0 Å². The Labute approximate surface area is 120 Å². The minimum atomic E-state index is -3.50. The van der Waals surface area contributed by atoms with Gasteiger partial charge in [0, 0.05) is 39.2 Å². The summed E-state index contributed by atoms with van der Waals surface area (Å²) in [6, 6.07) is -0.115. The molecule has 0 amide bonds. The van der Waals surface area contributed by atoms with E-state index >= 15 is 0 Å². The molecule has 1 aliphatic rings. The molecule has 0 aliphatic carbocycles. The molecule has 1 N–H and O–H groups in total. The van der Waals surface area contributed by atoms with E-state index in [-0.39, 0.29) is 18.7 Å². The molecule has 0 radical (unpaired) electrons. The van der Waals surface area contributed by atoms with Gasteiger partial charge in [0.15, 0.2) is 0 Å². The first-order valence-corrected chi connectivity index (χ1v) is 8.36. The van der Waals surface area contributed by atoms with E-state index < -0.39 is 10.2 Å². The SMILES string of the molecule is COCC(CNS(=O)(=O)N1CCCCC1CCl)OC. The van der Waals surface area contributed by atoms with Crippen LogP contribution in [-0.2, 0) is 19.7 Å². The molecule has 1 rings (SSSR count). The molecule has 2 atom stereocenters. The van der Waals surface area contributed by atoms with Gasteiger partial charge in [-0.2, -0.15) is 17.4 Å². The van der Waals surface area contributed by atoms with Crippen molar-refractivity contribution in [3.05, 3.63) is 0 Å². The van der Waals surface area contributed by atoms with Crippen LogP contribution in [0.3, 0.4) is 0 Å². The summed E-state index contributed by atoms with van der Waals surface area (Å²) in [5, 5.41) is 0. The lowest BCUT2D eigenvalue weighted by molar-refractivity contribution is 0.0317. The summed E-state index contributed by atoms with van der Waals surface area (Å²) in [4.78, 5) is 0. The van der Waals surface area contributed by atoms with E-state index in [9.17, 15) is 8.42 Å². The molecule has 0 bridgehead atoms. The zero-order chi connectivity index (χ0) is 14.3. The standard InChI is InChI=1S/C11H23ClN2O4S/c1-17-9-11(18-2)8-13-19(15,16)14-6-4-3-5-10(14)7-12/h10-11,13H,3-9H2,1-2H3. The summed E-state index contributed by atoms with van der Waals surface area (Å²) in [7, 11) is -0.426. The van der Waals surface area contributed by atoms with Crippen LogP contribution in [0.2, 0.25) is 0 Å². The average molecular weight is 315 g/mol. The third-order valence-corrected chi connectivity index (χ3v) is 5.23. The summed E-state index contributed by atoms with van der Waals surface area (Å²) in [5.41, 5.74) is 0. The quantitative estimate of drug-likeness (QED) is 0.665. The highest BCUT2D eigenvalue weighted by atomic mass is 35.5. The molecule has 1 fully saturated rings. The highest BCUT2D eigenvalue weighted by molar-refractivity contribution is 7.87. The molecule has 1 aliphatic heterocycles. The number of halogens is 1. The Balaban J connectivity index is 2.58. The first-order valence-electron chi connectivity index (χ1n) is 6.39. The third kappa shape index (κ3) is 5.17. The Morgan fingerprint density at radius 3 is 2.74 bits per heavy atom. The smallest absolute Gasteiger partial charge is 0.279 e. The Bertz CT molecular complexity index is 353. The first kappa shape index (κ1) is 17.1. The molecule has 0 aromatic carbocycles. The van der Waals surface area contributed by atoms with Crippen LogP contribution in [0, 0.1) is 0 Å². The van der Waals surface area contributed by atoms with E-state index in [4.69, 9.17) is 21.1 Å². The van der Waals surface area contributed by atoms with Crippen LogP contribution in [0.4, 0.5) is 0 Å². The van der Waals surface area contributed by atoms with Crippen LogP contribution in [0.5, 0.6) is 0 Å². The lowest BCUT2D eigenvalue weighted by atomic mass is 10.1. The van der Waals surface area contributed by atoms with E-state index in [2.05, 4.69) is 4.72 Å². The van der Waals surface area contributed by atoms with Gasteiger partial charge in [0.25, 0.3) is 10.2 Å². The van der Waals surface area contributed by atoms with Gasteiger partial charge in [0.05, 0.1) is 12.7 Å². The number of alkyl halides is 1. The monoisotopic (exact) mass is 314 g/mol. The molecule has 1 heterocycles. The predicted octanol–water partition coefficient (Wildman–Crippen LogP) is 0.575. The van der Waals surface area contributed by atoms with Crippen molar-refractivity contribution < 1.29 is 17.9 Å². The first-order chi connectivity index (χ1) is 9.05. The van der Waals surface area contributed by atoms with Crippen molar-refractivity contribution in [1.29, 1.82) is 0 Å². The molecule has 0 aromatic heterocycles. The largest absolute Gasteiger partial charge is 0.382 e. The van der Waals surface area contributed by atoms with Crippen LogP contribution in [0.25, 0.3) is 0 Å². The fourth-order valence-corrected chi connectivity index (χ4v) is 4.03. The van der Waals surface area contributed by atoms with Gasteiger partial charge in [-0.05, 0) is 12.8 Å². The number of rotatable bonds is 8. The highest BCUT2D eigenvalue weighted by Crippen LogP contribution is 2.20. The van der Waals surface area contributed by atoms with E-state index in [0.29, 0.717) is 19.0 Å². The molecular weight excluding hydrogens is 292 g/mol. The molecule has 19 heavy (non-hydrogen) atoms. The van der Waals surface area contributed by atoms with Crippen molar-refractivity contribution in [3.8, 4) is 0 Å². The highest BCUT2D eigenvalue weighted by Gasteiger charge is 2.31. The van der Waals surface area contributed by atoms with Gasteiger partial charge in [0.2, 0.25) is 0 Å². The van der Waals surface area contributed by atoms with Crippen LogP contribution >= 0.6 is 11.6 Å². The number of hydrogen-bond acceptors (Lipinski definition) is 4. The van der Waals surface area contributed by atoms with Crippen molar-refractivity contribution in [2.45, 2.75) is 31.4 Å². The van der Waals surface area contributed by atoms with E-state index in [1.807, 2.05) is 0 Å². The summed E-state index contributed by atoms with van der Waals surface area (Å²) in [6.45, 7) is 1.06. The molecule has 0 aromatic rings. The molecule has 6 nitrogen and oxygen atoms in total. The van der Waals surface area contributed by atoms with E-state index in [1.54, 1.807) is 7.11 Å². The Morgan fingerprint density at radius 1 is 1.42 bits per heavy atom. The lowest BCUT2D eigenvalue weighted by Gasteiger charge is -2.33. The van der Waals surface area contributed by atoms with Crippen LogP contribution < -0.4 is 4.72 Å². The van der Waals surface area contributed by atoms with Crippen molar-refractivity contribution >= 4 is 21.8 Å². The summed E-state index contributed by atoms with van der Waals surface area (Å²) >= 11 is 5.84. The Kier molecular flexibility index (Phi) is 7.56.